The van der Waals surface area contributed by atoms with Gasteiger partial charge in [-0.2, -0.15) is 0 Å². The van der Waals surface area contributed by atoms with Crippen LogP contribution in [0, 0.1) is 0 Å². The van der Waals surface area contributed by atoms with Crippen molar-refractivity contribution in [3.63, 3.8) is 0 Å². The van der Waals surface area contributed by atoms with E-state index in [2.05, 4.69) is 24.1 Å². The lowest BCUT2D eigenvalue weighted by molar-refractivity contribution is -0.176. The zero-order chi connectivity index (χ0) is 6.50. The van der Waals surface area contributed by atoms with Gasteiger partial charge in [0.05, 0.1) is 0 Å². The maximum Gasteiger partial charge on any atom is 0.239 e. The van der Waals surface area contributed by atoms with Crippen molar-refractivity contribution in [3.8, 4) is 0 Å². The lowest BCUT2D eigenvalue weighted by Gasteiger charge is -1.88. The van der Waals surface area contributed by atoms with E-state index >= 15 is 0 Å². The first-order chi connectivity index (χ1) is 3.00. The number of rotatable bonds is 0. The summed E-state index contributed by atoms with van der Waals surface area (Å²) in [7, 11) is 0. The number of hydrogen-bond donors (Lipinski definition) is 5. The highest BCUT2D eigenvalue weighted by molar-refractivity contribution is 8.59. The summed E-state index contributed by atoms with van der Waals surface area (Å²) in [6.45, 7) is 0. The van der Waals surface area contributed by atoms with Crippen LogP contribution in [0.1, 0.15) is 0 Å². The van der Waals surface area contributed by atoms with Crippen molar-refractivity contribution in [2.75, 3.05) is 0 Å². The Balaban J connectivity index is 0. The molecule has 0 heterocycles. The molecular formula is H5O4PS2. The van der Waals surface area contributed by atoms with Crippen LogP contribution in [0.3, 0.4) is 0 Å². The van der Waals surface area contributed by atoms with Gasteiger partial charge >= 0.3 is 0 Å². The van der Waals surface area contributed by atoms with E-state index in [0.717, 1.165) is 0 Å². The molecule has 0 saturated carbocycles. The van der Waals surface area contributed by atoms with Gasteiger partial charge in [-0.3, -0.25) is 10.5 Å². The molecule has 0 radical (unpaired) electrons. The second kappa shape index (κ2) is 4.99. The molecule has 0 unspecified atom stereocenters. The van der Waals surface area contributed by atoms with E-state index < -0.39 is 5.69 Å². The zero-order valence-corrected chi connectivity index (χ0v) is 5.70. The van der Waals surface area contributed by atoms with Crippen LogP contribution in [-0.4, -0.2) is 20.3 Å². The van der Waals surface area contributed by atoms with Crippen LogP contribution in [0.25, 0.3) is 0 Å². The standard InChI is InChI=1S/H3O2PS2.H2O2/c1-3(2,4)5;1-2/h(H3,1,2,4,5);1-2H. The molecule has 0 aromatic rings. The van der Waals surface area contributed by atoms with Gasteiger partial charge in [0.25, 0.3) is 0 Å². The molecule has 0 spiro atoms. The molecule has 0 fully saturated rings. The smallest absolute Gasteiger partial charge is 0.239 e. The van der Waals surface area contributed by atoms with E-state index in [-0.39, 0.29) is 0 Å². The number of thiol groups is 1. The summed E-state index contributed by atoms with van der Waals surface area (Å²) >= 11 is 7.07. The molecule has 4 N–H and O–H groups in total. The van der Waals surface area contributed by atoms with Crippen LogP contribution in [0.2, 0.25) is 0 Å². The van der Waals surface area contributed by atoms with Crippen LogP contribution in [-0.2, 0) is 11.8 Å². The molecule has 0 aliphatic rings. The quantitative estimate of drug-likeness (QED) is 0.152. The molecular weight excluding hydrogens is 159 g/mol. The third-order valence-corrected chi connectivity index (χ3v) is 0. The van der Waals surface area contributed by atoms with Crippen LogP contribution in [0.15, 0.2) is 0 Å². The Morgan fingerprint density at radius 1 is 1.29 bits per heavy atom. The first-order valence-corrected chi connectivity index (χ1v) is 4.84. The number of hydrogen-bond acceptors (Lipinski definition) is 3. The second-order valence-corrected chi connectivity index (χ2v) is 5.55. The minimum Gasteiger partial charge on any atom is -0.338 e. The molecule has 0 aliphatic heterocycles. The van der Waals surface area contributed by atoms with Gasteiger partial charge in [-0.25, -0.2) is 0 Å². The summed E-state index contributed by atoms with van der Waals surface area (Å²) in [6.07, 6.45) is 0. The molecule has 0 saturated heterocycles. The van der Waals surface area contributed by atoms with Gasteiger partial charge in [-0.1, -0.05) is 12.2 Å². The molecule has 0 aromatic heterocycles. The lowest BCUT2D eigenvalue weighted by atomic mass is 15.0. The van der Waals surface area contributed by atoms with Crippen molar-refractivity contribution in [1.29, 1.82) is 0 Å². The van der Waals surface area contributed by atoms with Gasteiger partial charge in [0.15, 0.2) is 0 Å². The maximum absolute atomic E-state index is 7.87. The molecule has 0 rings (SSSR count). The van der Waals surface area contributed by atoms with Crippen LogP contribution in [0.4, 0.5) is 0 Å². The maximum atomic E-state index is 7.87. The SMILES string of the molecule is OO.OP(O)(=S)S. The monoisotopic (exact) mass is 164 g/mol. The molecule has 0 aliphatic carbocycles. The van der Waals surface area contributed by atoms with E-state index in [0.29, 0.717) is 0 Å². The Morgan fingerprint density at radius 3 is 1.29 bits per heavy atom. The van der Waals surface area contributed by atoms with E-state index in [1.807, 2.05) is 0 Å². The molecule has 4 nitrogen and oxygen atoms in total. The average molecular weight is 164 g/mol. The van der Waals surface area contributed by atoms with E-state index in [4.69, 9.17) is 20.3 Å². The Kier molecular flexibility index (Phi) is 7.66. The first-order valence-electron chi connectivity index (χ1n) is 0.983. The fourth-order valence-corrected chi connectivity index (χ4v) is 0. The normalized spacial score (nSPS) is 9.29. The summed E-state index contributed by atoms with van der Waals surface area (Å²) in [5.41, 5.74) is -3.11. The molecule has 7 heteroatoms. The third kappa shape index (κ3) is 227. The van der Waals surface area contributed by atoms with Crippen LogP contribution in [0.5, 0.6) is 0 Å². The van der Waals surface area contributed by atoms with Gasteiger partial charge in [0.1, 0.15) is 0 Å². The Bertz CT molecular complexity index is 55.8. The van der Waals surface area contributed by atoms with Crippen molar-refractivity contribution in [2.45, 2.75) is 0 Å². The predicted molar refractivity (Wildman–Crippen MR) is 33.0 cm³/mol. The van der Waals surface area contributed by atoms with Crippen molar-refractivity contribution in [1.82, 2.24) is 0 Å². The van der Waals surface area contributed by atoms with Crippen molar-refractivity contribution >= 4 is 29.7 Å². The topological polar surface area (TPSA) is 80.9 Å². The van der Waals surface area contributed by atoms with Gasteiger partial charge in [-0.05, 0) is 11.8 Å². The summed E-state index contributed by atoms with van der Waals surface area (Å²) in [5.74, 6) is 0. The van der Waals surface area contributed by atoms with E-state index in [1.165, 1.54) is 0 Å². The average Bonchev–Trinajstić information content (AvgIpc) is 1.36. The Hall–Kier alpha value is 0.840. The van der Waals surface area contributed by atoms with Gasteiger partial charge in [-0.15, -0.1) is 0 Å². The fourth-order valence-electron chi connectivity index (χ4n) is 0. The predicted octanol–water partition coefficient (Wildman–Crippen LogP) is 0.143. The van der Waals surface area contributed by atoms with Gasteiger partial charge in [0, 0.05) is 0 Å². The van der Waals surface area contributed by atoms with Crippen LogP contribution < -0.4 is 0 Å². The molecule has 46 valence electrons. The van der Waals surface area contributed by atoms with Crippen molar-refractivity contribution in [3.05, 3.63) is 0 Å². The zero-order valence-electron chi connectivity index (χ0n) is 3.09. The minimum absolute atomic E-state index is 3.11. The largest absolute Gasteiger partial charge is 0.338 e. The Morgan fingerprint density at radius 2 is 1.29 bits per heavy atom. The van der Waals surface area contributed by atoms with E-state index in [9.17, 15) is 0 Å². The molecule has 0 atom stereocenters. The minimum atomic E-state index is -3.11. The van der Waals surface area contributed by atoms with Gasteiger partial charge < -0.3 is 9.79 Å². The summed E-state index contributed by atoms with van der Waals surface area (Å²) in [4.78, 5) is 15.7. The second-order valence-electron chi connectivity index (χ2n) is 0.513. The molecule has 0 bridgehead atoms. The fraction of sp³-hybridized carbons (Fsp3) is 0. The molecule has 7 heavy (non-hydrogen) atoms. The molecule has 0 aromatic carbocycles. The summed E-state index contributed by atoms with van der Waals surface area (Å²) in [5, 5.41) is 12.0. The highest BCUT2D eigenvalue weighted by Crippen LogP contribution is 2.39. The highest BCUT2D eigenvalue weighted by Gasteiger charge is 1.90. The summed E-state index contributed by atoms with van der Waals surface area (Å²) < 4.78 is 0. The van der Waals surface area contributed by atoms with E-state index in [1.54, 1.807) is 0 Å². The first kappa shape index (κ1) is 10.8. The van der Waals surface area contributed by atoms with Crippen LogP contribution >= 0.6 is 17.9 Å². The lowest BCUT2D eigenvalue weighted by Crippen LogP contribution is -1.53. The summed E-state index contributed by atoms with van der Waals surface area (Å²) in [6, 6.07) is 0. The van der Waals surface area contributed by atoms with Crippen molar-refractivity contribution < 1.29 is 20.3 Å². The van der Waals surface area contributed by atoms with Gasteiger partial charge in [0.2, 0.25) is 5.69 Å². The highest BCUT2D eigenvalue weighted by atomic mass is 32.9. The van der Waals surface area contributed by atoms with Crippen molar-refractivity contribution in [2.24, 2.45) is 0 Å². The third-order valence-electron chi connectivity index (χ3n) is 0. The molecule has 0 amide bonds. The Labute approximate surface area is 50.7 Å².